The molecule has 0 aliphatic heterocycles. The van der Waals surface area contributed by atoms with Gasteiger partial charge in [-0.3, -0.25) is 10.5 Å². The lowest BCUT2D eigenvalue weighted by molar-refractivity contribution is 0.415. The van der Waals surface area contributed by atoms with Crippen molar-refractivity contribution < 1.29 is 4.74 Å². The Hall–Kier alpha value is -3.35. The van der Waals surface area contributed by atoms with Crippen LogP contribution in [0.3, 0.4) is 0 Å². The quantitative estimate of drug-likeness (QED) is 0.383. The van der Waals surface area contributed by atoms with Crippen LogP contribution in [-0.4, -0.2) is 17.3 Å². The Morgan fingerprint density at radius 3 is 2.96 bits per heavy atom. The lowest BCUT2D eigenvalue weighted by atomic mass is 10.0. The van der Waals surface area contributed by atoms with Crippen LogP contribution < -0.4 is 16.0 Å². The second-order valence-corrected chi connectivity index (χ2v) is 4.87. The third-order valence-electron chi connectivity index (χ3n) is 3.50. The first-order valence-electron chi connectivity index (χ1n) is 6.90. The highest BCUT2D eigenvalue weighted by Gasteiger charge is 2.10. The van der Waals surface area contributed by atoms with Gasteiger partial charge in [0.25, 0.3) is 0 Å². The van der Waals surface area contributed by atoms with Gasteiger partial charge in [-0.1, -0.05) is 35.2 Å². The predicted molar refractivity (Wildman–Crippen MR) is 89.3 cm³/mol. The van der Waals surface area contributed by atoms with Gasteiger partial charge in [0.05, 0.1) is 18.3 Å². The van der Waals surface area contributed by atoms with Gasteiger partial charge in [0.1, 0.15) is 11.4 Å². The van der Waals surface area contributed by atoms with Crippen molar-refractivity contribution in [2.75, 3.05) is 7.11 Å². The minimum atomic E-state index is 0.596. The molecule has 7 heteroatoms. The molecule has 0 amide bonds. The van der Waals surface area contributed by atoms with Gasteiger partial charge in [-0.2, -0.15) is 5.10 Å². The van der Waals surface area contributed by atoms with Crippen molar-refractivity contribution in [3.8, 4) is 17.0 Å². The average molecular weight is 308 g/mol. The van der Waals surface area contributed by atoms with E-state index in [0.29, 0.717) is 5.70 Å². The van der Waals surface area contributed by atoms with Crippen LogP contribution in [0.15, 0.2) is 59.5 Å². The fraction of sp³-hybridized carbons (Fsp3) is 0.0625. The van der Waals surface area contributed by atoms with Crippen LogP contribution in [0.5, 0.6) is 5.75 Å². The number of hydrogen-bond acceptors (Lipinski definition) is 4. The highest BCUT2D eigenvalue weighted by atomic mass is 16.5. The van der Waals surface area contributed by atoms with E-state index in [9.17, 15) is 0 Å². The summed E-state index contributed by atoms with van der Waals surface area (Å²) >= 11 is 0. The Balaban J connectivity index is 2.06. The van der Waals surface area contributed by atoms with E-state index >= 15 is 0 Å². The van der Waals surface area contributed by atoms with Crippen molar-refractivity contribution in [3.63, 3.8) is 0 Å². The molecule has 4 N–H and O–H groups in total. The van der Waals surface area contributed by atoms with Crippen LogP contribution in [0.4, 0.5) is 0 Å². The van der Waals surface area contributed by atoms with Gasteiger partial charge in [0.2, 0.25) is 0 Å². The van der Waals surface area contributed by atoms with Crippen molar-refractivity contribution in [1.82, 2.24) is 15.6 Å². The summed E-state index contributed by atoms with van der Waals surface area (Å²) < 4.78 is 5.27. The number of H-pyrrole nitrogens is 1. The molecule has 0 saturated carbocycles. The maximum atomic E-state index is 5.27. The van der Waals surface area contributed by atoms with Crippen molar-refractivity contribution in [1.29, 1.82) is 0 Å². The molecule has 0 fully saturated rings. The SMILES string of the molecule is C=C(N/N=N\N)c1ccc2[nH]nc(-c3cccc(OC)c3)c2c1. The summed E-state index contributed by atoms with van der Waals surface area (Å²) in [6, 6.07) is 13.6. The zero-order valence-corrected chi connectivity index (χ0v) is 12.6. The monoisotopic (exact) mass is 308 g/mol. The van der Waals surface area contributed by atoms with Crippen LogP contribution in [0.1, 0.15) is 5.56 Å². The summed E-state index contributed by atoms with van der Waals surface area (Å²) in [4.78, 5) is 0. The Labute approximate surface area is 132 Å². The maximum absolute atomic E-state index is 5.27. The smallest absolute Gasteiger partial charge is 0.119 e. The normalized spacial score (nSPS) is 11.0. The number of methoxy groups -OCH3 is 1. The second kappa shape index (κ2) is 6.18. The van der Waals surface area contributed by atoms with E-state index in [2.05, 4.69) is 32.6 Å². The van der Waals surface area contributed by atoms with Gasteiger partial charge in [-0.15, -0.1) is 0 Å². The van der Waals surface area contributed by atoms with Crippen LogP contribution in [0, 0.1) is 0 Å². The van der Waals surface area contributed by atoms with Gasteiger partial charge in [0, 0.05) is 10.9 Å². The van der Waals surface area contributed by atoms with E-state index in [1.54, 1.807) is 7.11 Å². The number of ether oxygens (including phenoxy) is 1. The molecule has 2 aromatic carbocycles. The molecular formula is C16H16N6O. The molecule has 0 spiro atoms. The molecule has 1 aromatic heterocycles. The molecule has 0 unspecified atom stereocenters. The van der Waals surface area contributed by atoms with Crippen LogP contribution in [0.2, 0.25) is 0 Å². The topological polar surface area (TPSA) is 101 Å². The van der Waals surface area contributed by atoms with Gasteiger partial charge >= 0.3 is 0 Å². The first-order chi connectivity index (χ1) is 11.2. The Bertz CT molecular complexity index is 883. The number of nitrogens with two attached hydrogens (primary N) is 1. The van der Waals surface area contributed by atoms with E-state index in [0.717, 1.165) is 33.5 Å². The molecule has 0 bridgehead atoms. The summed E-state index contributed by atoms with van der Waals surface area (Å²) in [7, 11) is 1.64. The number of aromatic nitrogens is 2. The number of benzene rings is 2. The molecule has 1 heterocycles. The van der Waals surface area contributed by atoms with Crippen LogP contribution in [-0.2, 0) is 0 Å². The molecular weight excluding hydrogens is 292 g/mol. The minimum Gasteiger partial charge on any atom is -0.497 e. The first-order valence-corrected chi connectivity index (χ1v) is 6.90. The molecule has 116 valence electrons. The highest BCUT2D eigenvalue weighted by Crippen LogP contribution is 2.30. The molecule has 7 nitrogen and oxygen atoms in total. The predicted octanol–water partition coefficient (Wildman–Crippen LogP) is 3.04. The third-order valence-corrected chi connectivity index (χ3v) is 3.50. The standard InChI is InChI=1S/C16H16N6O/c1-10(18-22-21-17)11-6-7-15-14(9-11)16(20-19-15)12-4-3-5-13(8-12)23-2/h3-9H,1H2,2H3,(H2,17,22)(H,18,21)(H,19,20). The molecule has 3 rings (SSSR count). The summed E-state index contributed by atoms with van der Waals surface area (Å²) in [5.41, 5.74) is 6.88. The summed E-state index contributed by atoms with van der Waals surface area (Å²) in [6.07, 6.45) is 0. The molecule has 0 saturated heterocycles. The van der Waals surface area contributed by atoms with Crippen molar-refractivity contribution >= 4 is 16.6 Å². The number of nitrogens with zero attached hydrogens (tertiary/aromatic N) is 3. The number of fused-ring (bicyclic) bond motifs is 1. The van der Waals surface area contributed by atoms with Crippen molar-refractivity contribution in [2.24, 2.45) is 16.3 Å². The number of hydrogen-bond donors (Lipinski definition) is 3. The van der Waals surface area contributed by atoms with E-state index in [1.165, 1.54) is 0 Å². The number of nitrogens with one attached hydrogen (secondary N) is 2. The average Bonchev–Trinajstić information content (AvgIpc) is 3.02. The number of aromatic amines is 1. The summed E-state index contributed by atoms with van der Waals surface area (Å²) in [6.45, 7) is 3.91. The van der Waals surface area contributed by atoms with Gasteiger partial charge in [-0.25, -0.2) is 0 Å². The zero-order valence-electron chi connectivity index (χ0n) is 12.6. The Morgan fingerprint density at radius 2 is 2.17 bits per heavy atom. The minimum absolute atomic E-state index is 0.596. The molecule has 0 radical (unpaired) electrons. The van der Waals surface area contributed by atoms with Gasteiger partial charge < -0.3 is 10.6 Å². The molecule has 23 heavy (non-hydrogen) atoms. The molecule has 3 aromatic rings. The lowest BCUT2D eigenvalue weighted by Crippen LogP contribution is -2.02. The first kappa shape index (κ1) is 14.6. The highest BCUT2D eigenvalue weighted by molar-refractivity contribution is 5.94. The Kier molecular flexibility index (Phi) is 3.92. The van der Waals surface area contributed by atoms with E-state index < -0.39 is 0 Å². The largest absolute Gasteiger partial charge is 0.497 e. The van der Waals surface area contributed by atoms with Gasteiger partial charge in [-0.05, 0) is 29.8 Å². The summed E-state index contributed by atoms with van der Waals surface area (Å²) in [5, 5.41) is 15.1. The van der Waals surface area contributed by atoms with Gasteiger partial charge in [0.15, 0.2) is 0 Å². The second-order valence-electron chi connectivity index (χ2n) is 4.87. The lowest BCUT2D eigenvalue weighted by Gasteiger charge is -2.05. The molecule has 0 aliphatic rings. The van der Waals surface area contributed by atoms with E-state index in [1.807, 2.05) is 42.5 Å². The fourth-order valence-electron chi connectivity index (χ4n) is 2.35. The summed E-state index contributed by atoms with van der Waals surface area (Å²) in [5.74, 6) is 5.77. The maximum Gasteiger partial charge on any atom is 0.119 e. The molecule has 0 aliphatic carbocycles. The fourth-order valence-corrected chi connectivity index (χ4v) is 2.35. The molecule has 0 atom stereocenters. The number of rotatable bonds is 5. The zero-order chi connectivity index (χ0) is 16.2. The van der Waals surface area contributed by atoms with Crippen LogP contribution >= 0.6 is 0 Å². The van der Waals surface area contributed by atoms with Crippen molar-refractivity contribution in [3.05, 3.63) is 54.6 Å². The Morgan fingerprint density at radius 1 is 1.30 bits per heavy atom. The van der Waals surface area contributed by atoms with Crippen LogP contribution in [0.25, 0.3) is 27.9 Å². The van der Waals surface area contributed by atoms with E-state index in [4.69, 9.17) is 10.6 Å². The van der Waals surface area contributed by atoms with Crippen molar-refractivity contribution in [2.45, 2.75) is 0 Å². The third kappa shape index (κ3) is 2.84. The van der Waals surface area contributed by atoms with E-state index in [-0.39, 0.29) is 0 Å².